The third-order valence-electron chi connectivity index (χ3n) is 3.18. The minimum absolute atomic E-state index is 0.509. The van der Waals surface area contributed by atoms with E-state index in [2.05, 4.69) is 36.5 Å². The molecule has 0 aliphatic carbocycles. The lowest BCUT2D eigenvalue weighted by molar-refractivity contribution is 0.321. The molecule has 2 aromatic rings. The average Bonchev–Trinajstić information content (AvgIpc) is 2.59. The molecule has 0 saturated carbocycles. The van der Waals surface area contributed by atoms with Gasteiger partial charge in [-0.1, -0.05) is 39.7 Å². The van der Waals surface area contributed by atoms with Crippen molar-refractivity contribution in [2.24, 2.45) is 4.99 Å². The number of halogens is 2. The highest BCUT2D eigenvalue weighted by molar-refractivity contribution is 9.10. The maximum absolute atomic E-state index is 5.77. The van der Waals surface area contributed by atoms with E-state index in [9.17, 15) is 0 Å². The Balaban J connectivity index is 1.64. The topological polar surface area (TPSA) is 58.5 Å². The second-order valence-corrected chi connectivity index (χ2v) is 6.27. The first-order valence-electron chi connectivity index (χ1n) is 7.60. The van der Waals surface area contributed by atoms with Gasteiger partial charge in [0.15, 0.2) is 5.96 Å². The van der Waals surface area contributed by atoms with Crippen LogP contribution in [0.15, 0.2) is 52.1 Å². The Bertz CT molecular complexity index is 664. The fourth-order valence-corrected chi connectivity index (χ4v) is 2.49. The fraction of sp³-hybridized carbons (Fsp3) is 0.294. The Kier molecular flexibility index (Phi) is 7.85. The molecule has 1 aromatic heterocycles. The van der Waals surface area contributed by atoms with E-state index in [0.29, 0.717) is 18.3 Å². The number of nitrogens with one attached hydrogen (secondary N) is 2. The lowest BCUT2D eigenvalue weighted by atomic mass is 10.2. The van der Waals surface area contributed by atoms with Gasteiger partial charge in [-0.25, -0.2) is 4.98 Å². The second-order valence-electron chi connectivity index (χ2n) is 4.97. The molecule has 0 radical (unpaired) electrons. The lowest BCUT2D eigenvalue weighted by Gasteiger charge is -2.12. The van der Waals surface area contributed by atoms with E-state index >= 15 is 0 Å². The van der Waals surface area contributed by atoms with Crippen LogP contribution in [-0.2, 0) is 6.42 Å². The normalized spacial score (nSPS) is 11.2. The Morgan fingerprint density at radius 1 is 1.25 bits per heavy atom. The molecule has 0 atom stereocenters. The Labute approximate surface area is 155 Å². The van der Waals surface area contributed by atoms with Crippen LogP contribution in [-0.4, -0.2) is 37.7 Å². The SMILES string of the molecule is CN=C(NCCOc1cccc(Br)c1)NCCc1ccc(Cl)nc1. The maximum atomic E-state index is 5.77. The van der Waals surface area contributed by atoms with E-state index in [-0.39, 0.29) is 0 Å². The minimum atomic E-state index is 0.509. The van der Waals surface area contributed by atoms with Gasteiger partial charge in [-0.05, 0) is 36.2 Å². The van der Waals surface area contributed by atoms with Crippen LogP contribution in [0.4, 0.5) is 0 Å². The van der Waals surface area contributed by atoms with Crippen molar-refractivity contribution >= 4 is 33.5 Å². The molecule has 0 saturated heterocycles. The number of nitrogens with zero attached hydrogens (tertiary/aromatic N) is 2. The van der Waals surface area contributed by atoms with Gasteiger partial charge in [0, 0.05) is 24.3 Å². The summed E-state index contributed by atoms with van der Waals surface area (Å²) >= 11 is 9.19. The fourth-order valence-electron chi connectivity index (χ4n) is 2.00. The molecule has 1 heterocycles. The summed E-state index contributed by atoms with van der Waals surface area (Å²) in [5.41, 5.74) is 1.13. The van der Waals surface area contributed by atoms with Gasteiger partial charge in [0.05, 0.1) is 6.54 Å². The van der Waals surface area contributed by atoms with Gasteiger partial charge in [0.1, 0.15) is 17.5 Å². The Morgan fingerprint density at radius 2 is 2.08 bits per heavy atom. The van der Waals surface area contributed by atoms with Crippen molar-refractivity contribution in [2.45, 2.75) is 6.42 Å². The van der Waals surface area contributed by atoms with Gasteiger partial charge in [-0.3, -0.25) is 4.99 Å². The number of ether oxygens (including phenoxy) is 1. The van der Waals surface area contributed by atoms with Gasteiger partial charge in [-0.2, -0.15) is 0 Å². The molecule has 0 amide bonds. The van der Waals surface area contributed by atoms with E-state index in [4.69, 9.17) is 16.3 Å². The molecule has 7 heteroatoms. The number of aromatic nitrogens is 1. The summed E-state index contributed by atoms with van der Waals surface area (Å²) in [7, 11) is 1.74. The summed E-state index contributed by atoms with van der Waals surface area (Å²) in [6.07, 6.45) is 2.63. The molecular weight excluding hydrogens is 392 g/mol. The van der Waals surface area contributed by atoms with Crippen molar-refractivity contribution in [3.05, 3.63) is 57.8 Å². The summed E-state index contributed by atoms with van der Waals surface area (Å²) in [6.45, 7) is 1.97. The third-order valence-corrected chi connectivity index (χ3v) is 3.89. The van der Waals surface area contributed by atoms with Gasteiger partial charge < -0.3 is 15.4 Å². The van der Waals surface area contributed by atoms with Crippen molar-refractivity contribution in [1.82, 2.24) is 15.6 Å². The minimum Gasteiger partial charge on any atom is -0.492 e. The van der Waals surface area contributed by atoms with E-state index in [1.54, 1.807) is 19.3 Å². The van der Waals surface area contributed by atoms with Crippen LogP contribution in [0.5, 0.6) is 5.75 Å². The first kappa shape index (κ1) is 18.5. The van der Waals surface area contributed by atoms with Gasteiger partial charge >= 0.3 is 0 Å². The molecule has 0 unspecified atom stereocenters. The van der Waals surface area contributed by atoms with Gasteiger partial charge in [0.2, 0.25) is 0 Å². The van der Waals surface area contributed by atoms with Gasteiger partial charge in [0.25, 0.3) is 0 Å². The molecule has 0 aliphatic heterocycles. The van der Waals surface area contributed by atoms with E-state index in [0.717, 1.165) is 34.7 Å². The summed E-state index contributed by atoms with van der Waals surface area (Å²) in [6, 6.07) is 11.5. The van der Waals surface area contributed by atoms with Crippen molar-refractivity contribution in [2.75, 3.05) is 26.7 Å². The summed E-state index contributed by atoms with van der Waals surface area (Å²) < 4.78 is 6.67. The van der Waals surface area contributed by atoms with Crippen LogP contribution in [0.25, 0.3) is 0 Å². The quantitative estimate of drug-likeness (QED) is 0.318. The largest absolute Gasteiger partial charge is 0.492 e. The second kappa shape index (κ2) is 10.2. The van der Waals surface area contributed by atoms with Crippen molar-refractivity contribution < 1.29 is 4.74 Å². The Hall–Kier alpha value is -1.79. The molecule has 128 valence electrons. The van der Waals surface area contributed by atoms with Crippen LogP contribution in [0, 0.1) is 0 Å². The van der Waals surface area contributed by atoms with E-state index in [1.807, 2.05) is 30.3 Å². The first-order chi connectivity index (χ1) is 11.7. The highest BCUT2D eigenvalue weighted by atomic mass is 79.9. The number of guanidine groups is 1. The van der Waals surface area contributed by atoms with E-state index < -0.39 is 0 Å². The van der Waals surface area contributed by atoms with Gasteiger partial charge in [-0.15, -0.1) is 0 Å². The smallest absolute Gasteiger partial charge is 0.191 e. The van der Waals surface area contributed by atoms with Crippen molar-refractivity contribution in [3.63, 3.8) is 0 Å². The zero-order valence-electron chi connectivity index (χ0n) is 13.4. The number of pyridine rings is 1. The molecule has 0 fully saturated rings. The Morgan fingerprint density at radius 3 is 2.79 bits per heavy atom. The van der Waals surface area contributed by atoms with E-state index in [1.165, 1.54) is 0 Å². The standard InChI is InChI=1S/C17H20BrClN4O/c1-20-17(21-8-7-13-5-6-16(19)23-12-13)22-9-10-24-15-4-2-3-14(18)11-15/h2-6,11-12H,7-10H2,1H3,(H2,20,21,22). The molecule has 24 heavy (non-hydrogen) atoms. The van der Waals surface area contributed by atoms with Crippen LogP contribution in [0.3, 0.4) is 0 Å². The highest BCUT2D eigenvalue weighted by Gasteiger charge is 1.99. The number of rotatable bonds is 7. The van der Waals surface area contributed by atoms with Crippen LogP contribution in [0.1, 0.15) is 5.56 Å². The number of hydrogen-bond acceptors (Lipinski definition) is 3. The van der Waals surface area contributed by atoms with Crippen molar-refractivity contribution in [3.8, 4) is 5.75 Å². The molecular formula is C17H20BrClN4O. The number of hydrogen-bond donors (Lipinski definition) is 2. The zero-order chi connectivity index (χ0) is 17.2. The predicted octanol–water partition coefficient (Wildman–Crippen LogP) is 3.28. The van der Waals surface area contributed by atoms with Crippen LogP contribution >= 0.6 is 27.5 Å². The molecule has 0 spiro atoms. The maximum Gasteiger partial charge on any atom is 0.191 e. The highest BCUT2D eigenvalue weighted by Crippen LogP contribution is 2.17. The summed E-state index contributed by atoms with van der Waals surface area (Å²) in [5, 5.41) is 6.98. The zero-order valence-corrected chi connectivity index (χ0v) is 15.8. The third kappa shape index (κ3) is 6.76. The summed E-state index contributed by atoms with van der Waals surface area (Å²) in [4.78, 5) is 8.25. The molecule has 1 aromatic carbocycles. The lowest BCUT2D eigenvalue weighted by Crippen LogP contribution is -2.40. The van der Waals surface area contributed by atoms with Crippen LogP contribution in [0.2, 0.25) is 5.15 Å². The summed E-state index contributed by atoms with van der Waals surface area (Å²) in [5.74, 6) is 1.58. The molecule has 5 nitrogen and oxygen atoms in total. The molecule has 0 bridgehead atoms. The molecule has 2 rings (SSSR count). The monoisotopic (exact) mass is 410 g/mol. The molecule has 2 N–H and O–H groups in total. The van der Waals surface area contributed by atoms with Crippen molar-refractivity contribution in [1.29, 1.82) is 0 Å². The number of benzene rings is 1. The first-order valence-corrected chi connectivity index (χ1v) is 8.78. The number of aliphatic imine (C=N–C) groups is 1. The average molecular weight is 412 g/mol. The molecule has 0 aliphatic rings. The predicted molar refractivity (Wildman–Crippen MR) is 102 cm³/mol. The van der Waals surface area contributed by atoms with Crippen LogP contribution < -0.4 is 15.4 Å².